The van der Waals surface area contributed by atoms with E-state index in [2.05, 4.69) is 0 Å². The lowest BCUT2D eigenvalue weighted by atomic mass is 9.80. The van der Waals surface area contributed by atoms with Crippen molar-refractivity contribution in [2.24, 2.45) is 0 Å². The van der Waals surface area contributed by atoms with Crippen molar-refractivity contribution in [2.75, 3.05) is 14.2 Å². The molecule has 0 fully saturated rings. The van der Waals surface area contributed by atoms with Gasteiger partial charge in [-0.1, -0.05) is 146 Å². The van der Waals surface area contributed by atoms with Gasteiger partial charge in [0.15, 0.2) is 0 Å². The fraction of sp³-hybridized carbons (Fsp3) is 0.100. The number of ether oxygens (including phenoxy) is 2. The van der Waals surface area contributed by atoms with Gasteiger partial charge in [0, 0.05) is 0 Å². The first-order chi connectivity index (χ1) is 21.5. The summed E-state index contributed by atoms with van der Waals surface area (Å²) in [4.78, 5) is 0. The summed E-state index contributed by atoms with van der Waals surface area (Å²) in [6.45, 7) is 0. The standard InChI is InChI=1S/2C20H18O2/c2*1-22-19-14-12-18(13-15-19)20(21,16-8-4-2-5-9-16)17-10-6-3-7-11-17/h2*2-15,21H,1H3. The zero-order valence-electron chi connectivity index (χ0n) is 24.9. The molecule has 0 aliphatic carbocycles. The van der Waals surface area contributed by atoms with Gasteiger partial charge in [-0.3, -0.25) is 0 Å². The van der Waals surface area contributed by atoms with Gasteiger partial charge >= 0.3 is 0 Å². The van der Waals surface area contributed by atoms with Crippen LogP contribution in [0.15, 0.2) is 170 Å². The topological polar surface area (TPSA) is 58.9 Å². The van der Waals surface area contributed by atoms with Gasteiger partial charge in [0.1, 0.15) is 22.7 Å². The predicted molar refractivity (Wildman–Crippen MR) is 176 cm³/mol. The maximum Gasteiger partial charge on any atom is 0.140 e. The summed E-state index contributed by atoms with van der Waals surface area (Å²) in [6, 6.07) is 53.9. The predicted octanol–water partition coefficient (Wildman–Crippen LogP) is 7.96. The van der Waals surface area contributed by atoms with Crippen molar-refractivity contribution in [3.63, 3.8) is 0 Å². The van der Waals surface area contributed by atoms with Gasteiger partial charge < -0.3 is 19.7 Å². The molecule has 0 unspecified atom stereocenters. The molecule has 0 radical (unpaired) electrons. The summed E-state index contributed by atoms with van der Waals surface area (Å²) in [6.07, 6.45) is 0. The lowest BCUT2D eigenvalue weighted by Crippen LogP contribution is -2.28. The normalized spacial score (nSPS) is 11.2. The minimum absolute atomic E-state index is 0.771. The lowest BCUT2D eigenvalue weighted by molar-refractivity contribution is 0.125. The minimum atomic E-state index is -1.19. The summed E-state index contributed by atoms with van der Waals surface area (Å²) in [5.74, 6) is 1.54. The van der Waals surface area contributed by atoms with Crippen LogP contribution in [0.2, 0.25) is 0 Å². The van der Waals surface area contributed by atoms with Crippen LogP contribution in [0.25, 0.3) is 0 Å². The van der Waals surface area contributed by atoms with Crippen LogP contribution in [0, 0.1) is 0 Å². The molecule has 0 saturated carbocycles. The Labute approximate surface area is 259 Å². The molecule has 0 amide bonds. The van der Waals surface area contributed by atoms with Crippen LogP contribution >= 0.6 is 0 Å². The third-order valence-corrected chi connectivity index (χ3v) is 7.78. The Balaban J connectivity index is 0.000000175. The SMILES string of the molecule is COc1ccc(C(O)(c2ccccc2)c2ccccc2)cc1.COc1ccc(C(O)(c2ccccc2)c2ccccc2)cc1. The highest BCUT2D eigenvalue weighted by Crippen LogP contribution is 2.38. The summed E-state index contributed by atoms with van der Waals surface area (Å²) in [5.41, 5.74) is 2.61. The number of hydrogen-bond acceptors (Lipinski definition) is 4. The molecule has 0 aromatic heterocycles. The first kappa shape index (κ1) is 30.3. The smallest absolute Gasteiger partial charge is 0.140 e. The molecule has 6 aromatic carbocycles. The van der Waals surface area contributed by atoms with E-state index < -0.39 is 11.2 Å². The molecule has 6 rings (SSSR count). The van der Waals surface area contributed by atoms with E-state index in [4.69, 9.17) is 9.47 Å². The van der Waals surface area contributed by atoms with Gasteiger partial charge in [0.2, 0.25) is 0 Å². The highest BCUT2D eigenvalue weighted by Gasteiger charge is 2.34. The van der Waals surface area contributed by atoms with E-state index in [1.54, 1.807) is 14.2 Å². The molecule has 0 bridgehead atoms. The summed E-state index contributed by atoms with van der Waals surface area (Å²) < 4.78 is 10.4. The quantitative estimate of drug-likeness (QED) is 0.179. The van der Waals surface area contributed by atoms with E-state index >= 15 is 0 Å². The maximum absolute atomic E-state index is 11.5. The molecule has 0 spiro atoms. The first-order valence-corrected chi connectivity index (χ1v) is 14.5. The average Bonchev–Trinajstić information content (AvgIpc) is 3.13. The molecule has 2 N–H and O–H groups in total. The van der Waals surface area contributed by atoms with E-state index in [9.17, 15) is 10.2 Å². The number of aliphatic hydroxyl groups is 2. The molecule has 44 heavy (non-hydrogen) atoms. The third kappa shape index (κ3) is 6.28. The van der Waals surface area contributed by atoms with Crippen molar-refractivity contribution in [2.45, 2.75) is 11.2 Å². The van der Waals surface area contributed by atoms with Crippen molar-refractivity contribution in [1.82, 2.24) is 0 Å². The number of methoxy groups -OCH3 is 2. The van der Waals surface area contributed by atoms with Crippen LogP contribution in [0.4, 0.5) is 0 Å². The van der Waals surface area contributed by atoms with Gasteiger partial charge in [-0.25, -0.2) is 0 Å². The van der Waals surface area contributed by atoms with Crippen molar-refractivity contribution >= 4 is 0 Å². The molecule has 0 heterocycles. The Morgan fingerprint density at radius 1 is 0.318 bits per heavy atom. The molecular formula is C40H36O4. The minimum Gasteiger partial charge on any atom is -0.497 e. The fourth-order valence-electron chi connectivity index (χ4n) is 5.38. The lowest BCUT2D eigenvalue weighted by Gasteiger charge is -2.30. The van der Waals surface area contributed by atoms with Gasteiger partial charge in [-0.15, -0.1) is 0 Å². The molecule has 0 saturated heterocycles. The van der Waals surface area contributed by atoms with E-state index in [-0.39, 0.29) is 0 Å². The van der Waals surface area contributed by atoms with Crippen LogP contribution < -0.4 is 9.47 Å². The van der Waals surface area contributed by atoms with Gasteiger partial charge in [-0.05, 0) is 57.6 Å². The Bertz CT molecular complexity index is 1490. The molecule has 220 valence electrons. The molecule has 4 heteroatoms. The Hall–Kier alpha value is -5.16. The fourth-order valence-corrected chi connectivity index (χ4v) is 5.38. The second-order valence-electron chi connectivity index (χ2n) is 10.3. The zero-order chi connectivity index (χ0) is 30.8. The molecular weight excluding hydrogens is 544 g/mol. The van der Waals surface area contributed by atoms with Crippen LogP contribution in [0.3, 0.4) is 0 Å². The Morgan fingerprint density at radius 3 is 0.727 bits per heavy atom. The van der Waals surface area contributed by atoms with Gasteiger partial charge in [-0.2, -0.15) is 0 Å². The van der Waals surface area contributed by atoms with E-state index in [0.29, 0.717) is 0 Å². The first-order valence-electron chi connectivity index (χ1n) is 14.5. The average molecular weight is 581 g/mol. The molecule has 0 atom stereocenters. The van der Waals surface area contributed by atoms with Crippen LogP contribution in [-0.2, 0) is 11.2 Å². The van der Waals surface area contributed by atoms with Crippen LogP contribution in [-0.4, -0.2) is 24.4 Å². The van der Waals surface area contributed by atoms with Crippen molar-refractivity contribution in [3.8, 4) is 11.5 Å². The van der Waals surface area contributed by atoms with E-state index in [0.717, 1.165) is 44.9 Å². The largest absolute Gasteiger partial charge is 0.497 e. The van der Waals surface area contributed by atoms with E-state index in [1.165, 1.54) is 0 Å². The van der Waals surface area contributed by atoms with E-state index in [1.807, 2.05) is 170 Å². The highest BCUT2D eigenvalue weighted by atomic mass is 16.5. The molecule has 4 nitrogen and oxygen atoms in total. The Kier molecular flexibility index (Phi) is 9.56. The molecule has 6 aromatic rings. The number of benzene rings is 6. The van der Waals surface area contributed by atoms with Gasteiger partial charge in [0.25, 0.3) is 0 Å². The monoisotopic (exact) mass is 580 g/mol. The molecule has 0 aliphatic rings. The number of hydrogen-bond donors (Lipinski definition) is 2. The highest BCUT2D eigenvalue weighted by molar-refractivity contribution is 5.49. The van der Waals surface area contributed by atoms with Crippen molar-refractivity contribution in [3.05, 3.63) is 203 Å². The van der Waals surface area contributed by atoms with Gasteiger partial charge in [0.05, 0.1) is 14.2 Å². The van der Waals surface area contributed by atoms with Crippen molar-refractivity contribution < 1.29 is 19.7 Å². The van der Waals surface area contributed by atoms with Crippen LogP contribution in [0.1, 0.15) is 33.4 Å². The Morgan fingerprint density at radius 2 is 0.523 bits per heavy atom. The van der Waals surface area contributed by atoms with Crippen molar-refractivity contribution in [1.29, 1.82) is 0 Å². The van der Waals surface area contributed by atoms with Crippen LogP contribution in [0.5, 0.6) is 11.5 Å². The maximum atomic E-state index is 11.5. The zero-order valence-corrected chi connectivity index (χ0v) is 24.9. The molecule has 0 aliphatic heterocycles. The summed E-state index contributed by atoms with van der Waals surface area (Å²) in [5, 5.41) is 23.1. The third-order valence-electron chi connectivity index (χ3n) is 7.78. The summed E-state index contributed by atoms with van der Waals surface area (Å²) in [7, 11) is 3.27. The second-order valence-corrected chi connectivity index (χ2v) is 10.3. The summed E-state index contributed by atoms with van der Waals surface area (Å²) >= 11 is 0. The number of rotatable bonds is 8. The second kappa shape index (κ2) is 13.9.